The van der Waals surface area contributed by atoms with E-state index in [1.807, 2.05) is 0 Å². The molecule has 3 rings (SSSR count). The molecule has 28 heavy (non-hydrogen) atoms. The Morgan fingerprint density at radius 1 is 1.18 bits per heavy atom. The highest BCUT2D eigenvalue weighted by Gasteiger charge is 2.44. The van der Waals surface area contributed by atoms with Gasteiger partial charge in [-0.05, 0) is 66.8 Å². The molecule has 0 spiro atoms. The maximum atomic E-state index is 12.4. The molecule has 1 aliphatic carbocycles. The summed E-state index contributed by atoms with van der Waals surface area (Å²) in [4.78, 5) is 12.4. The van der Waals surface area contributed by atoms with Gasteiger partial charge in [-0.3, -0.25) is 4.79 Å². The molecule has 2 atom stereocenters. The smallest absolute Gasteiger partial charge is 0.243 e. The zero-order chi connectivity index (χ0) is 20.6. The van der Waals surface area contributed by atoms with Crippen molar-refractivity contribution in [3.63, 3.8) is 0 Å². The monoisotopic (exact) mass is 570 g/mol. The normalized spacial score (nSPS) is 19.1. The number of aromatic hydroxyl groups is 1. The van der Waals surface area contributed by atoms with Gasteiger partial charge in [0.25, 0.3) is 0 Å². The number of hydrogen-bond donors (Lipinski definition) is 2. The average Bonchev–Trinajstić information content (AvgIpc) is 3.43. The molecule has 4 nitrogen and oxygen atoms in total. The van der Waals surface area contributed by atoms with E-state index in [4.69, 9.17) is 0 Å². The van der Waals surface area contributed by atoms with Gasteiger partial charge < -0.3 is 5.11 Å². The number of phenolic OH excluding ortho intramolecular Hbond substituents is 1. The van der Waals surface area contributed by atoms with Gasteiger partial charge >= 0.3 is 0 Å². The van der Waals surface area contributed by atoms with Crippen molar-refractivity contribution < 1.29 is 9.90 Å². The summed E-state index contributed by atoms with van der Waals surface area (Å²) in [5.74, 6) is 0.189. The Morgan fingerprint density at radius 2 is 1.82 bits per heavy atom. The van der Waals surface area contributed by atoms with E-state index in [1.54, 1.807) is 6.07 Å². The first-order valence-corrected chi connectivity index (χ1v) is 11.3. The Hall–Kier alpha value is -1.18. The van der Waals surface area contributed by atoms with Crippen LogP contribution in [0.5, 0.6) is 5.75 Å². The molecule has 148 valence electrons. The zero-order valence-electron chi connectivity index (χ0n) is 15.8. The molecule has 2 unspecified atom stereocenters. The second kappa shape index (κ2) is 8.28. The summed E-state index contributed by atoms with van der Waals surface area (Å²) >= 11 is 10.0. The molecule has 1 amide bonds. The van der Waals surface area contributed by atoms with Gasteiger partial charge in [-0.25, -0.2) is 5.43 Å². The molecule has 0 aromatic heterocycles. The van der Waals surface area contributed by atoms with E-state index in [0.29, 0.717) is 14.5 Å². The molecule has 0 heterocycles. The summed E-state index contributed by atoms with van der Waals surface area (Å²) in [5.41, 5.74) is 5.86. The van der Waals surface area contributed by atoms with Crippen LogP contribution in [0.25, 0.3) is 0 Å². The average molecular weight is 573 g/mol. The molecular formula is C21H21Br3N2O2. The van der Waals surface area contributed by atoms with Gasteiger partial charge in [0, 0.05) is 16.0 Å². The highest BCUT2D eigenvalue weighted by atomic mass is 79.9. The minimum absolute atomic E-state index is 0.0529. The van der Waals surface area contributed by atoms with E-state index < -0.39 is 0 Å². The predicted octanol–water partition coefficient (Wildman–Crippen LogP) is 6.23. The molecule has 7 heteroatoms. The molecule has 1 aliphatic rings. The second-order valence-electron chi connectivity index (χ2n) is 7.97. The first-order valence-electron chi connectivity index (χ1n) is 8.89. The number of hydrazone groups is 1. The number of nitrogens with zero attached hydrogens (tertiary/aromatic N) is 1. The van der Waals surface area contributed by atoms with Crippen LogP contribution in [0.3, 0.4) is 0 Å². The lowest BCUT2D eigenvalue weighted by atomic mass is 9.86. The second-order valence-corrected chi connectivity index (χ2v) is 10.5. The highest BCUT2D eigenvalue weighted by Crippen LogP contribution is 2.47. The Kier molecular flexibility index (Phi) is 6.37. The lowest BCUT2D eigenvalue weighted by Crippen LogP contribution is -2.20. The van der Waals surface area contributed by atoms with Crippen molar-refractivity contribution in [2.45, 2.75) is 38.5 Å². The van der Waals surface area contributed by atoms with E-state index in [9.17, 15) is 9.90 Å². The van der Waals surface area contributed by atoms with Crippen molar-refractivity contribution >= 4 is 59.9 Å². The number of nitrogens with one attached hydrogen (secondary N) is 1. The SMILES string of the molecule is CC(C)(C)c1ccc(C2CC2C(=O)NN=Cc2c(Br)cc(Br)c(O)c2Br)cc1. The molecule has 0 aliphatic heterocycles. The lowest BCUT2D eigenvalue weighted by Gasteiger charge is -2.19. The molecular weight excluding hydrogens is 552 g/mol. The third-order valence-electron chi connectivity index (χ3n) is 4.88. The third-order valence-corrected chi connectivity index (χ3v) is 6.95. The fourth-order valence-corrected chi connectivity index (χ4v) is 5.37. The molecule has 1 saturated carbocycles. The van der Waals surface area contributed by atoms with E-state index in [0.717, 1.165) is 10.9 Å². The van der Waals surface area contributed by atoms with Crippen LogP contribution < -0.4 is 5.43 Å². The summed E-state index contributed by atoms with van der Waals surface area (Å²) in [6.07, 6.45) is 2.34. The van der Waals surface area contributed by atoms with Crippen molar-refractivity contribution in [1.29, 1.82) is 0 Å². The van der Waals surface area contributed by atoms with E-state index in [-0.39, 0.29) is 28.9 Å². The fourth-order valence-electron chi connectivity index (χ4n) is 3.04. The Balaban J connectivity index is 1.62. The van der Waals surface area contributed by atoms with Crippen molar-refractivity contribution in [2.75, 3.05) is 0 Å². The summed E-state index contributed by atoms with van der Waals surface area (Å²) in [5, 5.41) is 14.0. The Bertz CT molecular complexity index is 934. The maximum Gasteiger partial charge on any atom is 0.243 e. The van der Waals surface area contributed by atoms with E-state index in [2.05, 4.69) is 103 Å². The van der Waals surface area contributed by atoms with Gasteiger partial charge in [-0.1, -0.05) is 61.0 Å². The Labute approximate surface area is 190 Å². The molecule has 0 saturated heterocycles. The molecule has 2 N–H and O–H groups in total. The summed E-state index contributed by atoms with van der Waals surface area (Å²) in [6, 6.07) is 10.3. The highest BCUT2D eigenvalue weighted by molar-refractivity contribution is 9.11. The lowest BCUT2D eigenvalue weighted by molar-refractivity contribution is -0.122. The molecule has 2 aromatic rings. The number of carbonyl (C=O) groups is 1. The van der Waals surface area contributed by atoms with Crippen LogP contribution in [-0.4, -0.2) is 17.2 Å². The van der Waals surface area contributed by atoms with Crippen molar-refractivity contribution in [3.05, 3.63) is 60.4 Å². The van der Waals surface area contributed by atoms with Gasteiger partial charge in [-0.15, -0.1) is 0 Å². The summed E-state index contributed by atoms with van der Waals surface area (Å²) in [6.45, 7) is 6.57. The summed E-state index contributed by atoms with van der Waals surface area (Å²) < 4.78 is 1.80. The molecule has 2 aromatic carbocycles. The zero-order valence-corrected chi connectivity index (χ0v) is 20.5. The van der Waals surface area contributed by atoms with Crippen LogP contribution in [0.2, 0.25) is 0 Å². The number of halogens is 3. The molecule has 0 radical (unpaired) electrons. The van der Waals surface area contributed by atoms with Crippen LogP contribution in [0, 0.1) is 5.92 Å². The van der Waals surface area contributed by atoms with Gasteiger partial charge in [0.2, 0.25) is 5.91 Å². The first kappa shape index (κ1) is 21.5. The molecule has 0 bridgehead atoms. The van der Waals surface area contributed by atoms with Gasteiger partial charge in [0.15, 0.2) is 0 Å². The van der Waals surface area contributed by atoms with E-state index in [1.165, 1.54) is 17.3 Å². The number of amides is 1. The topological polar surface area (TPSA) is 61.7 Å². The quantitative estimate of drug-likeness (QED) is 0.337. The summed E-state index contributed by atoms with van der Waals surface area (Å²) in [7, 11) is 0. The van der Waals surface area contributed by atoms with Crippen molar-refractivity contribution in [1.82, 2.24) is 5.43 Å². The van der Waals surface area contributed by atoms with Gasteiger partial charge in [0.1, 0.15) is 5.75 Å². The molecule has 1 fully saturated rings. The van der Waals surface area contributed by atoms with Crippen LogP contribution >= 0.6 is 47.8 Å². The van der Waals surface area contributed by atoms with Crippen LogP contribution in [-0.2, 0) is 10.2 Å². The standard InChI is InChI=1S/C21H21Br3N2O2/c1-21(2,3)12-6-4-11(5-7-12)13-8-14(13)20(28)26-25-10-15-16(22)9-17(23)19(27)18(15)24/h4-7,9-10,13-14,27H,8H2,1-3H3,(H,26,28). The number of carbonyl (C=O) groups excluding carboxylic acids is 1. The van der Waals surface area contributed by atoms with Crippen LogP contribution in [0.1, 0.15) is 49.8 Å². The predicted molar refractivity (Wildman–Crippen MR) is 123 cm³/mol. The number of benzene rings is 2. The van der Waals surface area contributed by atoms with Crippen molar-refractivity contribution in [3.8, 4) is 5.75 Å². The Morgan fingerprint density at radius 3 is 2.43 bits per heavy atom. The number of hydrogen-bond acceptors (Lipinski definition) is 3. The first-order chi connectivity index (χ1) is 13.1. The number of phenols is 1. The van der Waals surface area contributed by atoms with Crippen molar-refractivity contribution in [2.24, 2.45) is 11.0 Å². The third kappa shape index (κ3) is 4.69. The van der Waals surface area contributed by atoms with E-state index >= 15 is 0 Å². The van der Waals surface area contributed by atoms with Gasteiger partial charge in [-0.2, -0.15) is 5.10 Å². The fraction of sp³-hybridized carbons (Fsp3) is 0.333. The minimum atomic E-state index is -0.0882. The maximum absolute atomic E-state index is 12.4. The van der Waals surface area contributed by atoms with Gasteiger partial charge in [0.05, 0.1) is 15.2 Å². The largest absolute Gasteiger partial charge is 0.506 e. The van der Waals surface area contributed by atoms with Crippen LogP contribution in [0.4, 0.5) is 0 Å². The minimum Gasteiger partial charge on any atom is -0.506 e. The van der Waals surface area contributed by atoms with Crippen LogP contribution in [0.15, 0.2) is 48.9 Å². The number of rotatable bonds is 4.